The molecule has 2 heteroatoms. The van der Waals surface area contributed by atoms with Gasteiger partial charge in [-0.15, -0.1) is 0 Å². The zero-order valence-corrected chi connectivity index (χ0v) is 13.6. The normalized spacial score (nSPS) is 12.8. The van der Waals surface area contributed by atoms with Gasteiger partial charge < -0.3 is 4.74 Å². The van der Waals surface area contributed by atoms with Gasteiger partial charge in [-0.05, 0) is 42.5 Å². The predicted molar refractivity (Wildman–Crippen MR) is 95.6 cm³/mol. The SMILES string of the molecule is C=C(COC(=O)c1ccccc1C#CC1CC1)Cc1ccccc1. The average Bonchev–Trinajstić information content (AvgIpc) is 3.43. The van der Waals surface area contributed by atoms with Gasteiger partial charge >= 0.3 is 5.97 Å². The lowest BCUT2D eigenvalue weighted by Crippen LogP contribution is -2.10. The van der Waals surface area contributed by atoms with Crippen molar-refractivity contribution in [1.29, 1.82) is 0 Å². The lowest BCUT2D eigenvalue weighted by Gasteiger charge is -2.09. The van der Waals surface area contributed by atoms with Crippen LogP contribution in [-0.4, -0.2) is 12.6 Å². The Hall–Kier alpha value is -2.79. The summed E-state index contributed by atoms with van der Waals surface area (Å²) in [5.41, 5.74) is 3.30. The molecule has 0 saturated heterocycles. The largest absolute Gasteiger partial charge is 0.458 e. The van der Waals surface area contributed by atoms with E-state index in [-0.39, 0.29) is 12.6 Å². The quantitative estimate of drug-likeness (QED) is 0.464. The molecule has 2 aromatic carbocycles. The summed E-state index contributed by atoms with van der Waals surface area (Å²) in [5.74, 6) is 6.46. The summed E-state index contributed by atoms with van der Waals surface area (Å²) in [5, 5.41) is 0. The van der Waals surface area contributed by atoms with Crippen LogP contribution in [-0.2, 0) is 11.2 Å². The maximum atomic E-state index is 12.4. The summed E-state index contributed by atoms with van der Waals surface area (Å²) in [6.45, 7) is 4.22. The second kappa shape index (κ2) is 7.66. The first-order valence-electron chi connectivity index (χ1n) is 8.20. The molecule has 120 valence electrons. The molecule has 0 heterocycles. The fraction of sp³-hybridized carbons (Fsp3) is 0.227. The molecule has 0 atom stereocenters. The number of rotatable bonds is 5. The van der Waals surface area contributed by atoms with Gasteiger partial charge in [0.05, 0.1) is 5.56 Å². The van der Waals surface area contributed by atoms with E-state index >= 15 is 0 Å². The van der Waals surface area contributed by atoms with E-state index in [1.165, 1.54) is 12.8 Å². The van der Waals surface area contributed by atoms with Gasteiger partial charge in [-0.25, -0.2) is 4.79 Å². The Balaban J connectivity index is 1.59. The fourth-order valence-electron chi connectivity index (χ4n) is 2.36. The van der Waals surface area contributed by atoms with E-state index in [9.17, 15) is 4.79 Å². The highest BCUT2D eigenvalue weighted by Crippen LogP contribution is 2.27. The van der Waals surface area contributed by atoms with Crippen LogP contribution in [0.15, 0.2) is 66.7 Å². The highest BCUT2D eigenvalue weighted by atomic mass is 16.5. The van der Waals surface area contributed by atoms with Gasteiger partial charge in [0.25, 0.3) is 0 Å². The van der Waals surface area contributed by atoms with Gasteiger partial charge in [0.15, 0.2) is 0 Å². The van der Waals surface area contributed by atoms with E-state index in [0.717, 1.165) is 16.7 Å². The first-order chi connectivity index (χ1) is 11.7. The Bertz CT molecular complexity index is 789. The van der Waals surface area contributed by atoms with Gasteiger partial charge in [-0.3, -0.25) is 0 Å². The van der Waals surface area contributed by atoms with Gasteiger partial charge in [-0.1, -0.05) is 60.9 Å². The molecule has 3 rings (SSSR count). The number of carbonyl (C=O) groups excluding carboxylic acids is 1. The van der Waals surface area contributed by atoms with E-state index in [1.54, 1.807) is 6.07 Å². The summed E-state index contributed by atoms with van der Waals surface area (Å²) in [7, 11) is 0. The minimum Gasteiger partial charge on any atom is -0.458 e. The van der Waals surface area contributed by atoms with Crippen LogP contribution >= 0.6 is 0 Å². The summed E-state index contributed by atoms with van der Waals surface area (Å²) in [4.78, 5) is 12.4. The summed E-state index contributed by atoms with van der Waals surface area (Å²) >= 11 is 0. The summed E-state index contributed by atoms with van der Waals surface area (Å²) < 4.78 is 5.42. The first kappa shape index (κ1) is 16.1. The van der Waals surface area contributed by atoms with Crippen molar-refractivity contribution in [2.45, 2.75) is 19.3 Å². The van der Waals surface area contributed by atoms with E-state index < -0.39 is 0 Å². The van der Waals surface area contributed by atoms with Gasteiger partial charge in [0.2, 0.25) is 0 Å². The van der Waals surface area contributed by atoms with Gasteiger partial charge in [0, 0.05) is 11.5 Å². The van der Waals surface area contributed by atoms with Crippen LogP contribution < -0.4 is 0 Å². The highest BCUT2D eigenvalue weighted by Gasteiger charge is 2.18. The maximum absolute atomic E-state index is 12.4. The number of hydrogen-bond acceptors (Lipinski definition) is 2. The van der Waals surface area contributed by atoms with Gasteiger partial charge in [0.1, 0.15) is 6.61 Å². The molecule has 0 unspecified atom stereocenters. The van der Waals surface area contributed by atoms with Crippen molar-refractivity contribution in [1.82, 2.24) is 0 Å². The number of carbonyl (C=O) groups is 1. The molecular weight excluding hydrogens is 296 g/mol. The van der Waals surface area contributed by atoms with Crippen LogP contribution in [0, 0.1) is 17.8 Å². The van der Waals surface area contributed by atoms with E-state index in [1.807, 2.05) is 48.5 Å². The van der Waals surface area contributed by atoms with Crippen molar-refractivity contribution >= 4 is 5.97 Å². The number of esters is 1. The lowest BCUT2D eigenvalue weighted by atomic mass is 10.1. The van der Waals surface area contributed by atoms with Crippen molar-refractivity contribution in [3.63, 3.8) is 0 Å². The third-order valence-electron chi connectivity index (χ3n) is 3.84. The fourth-order valence-corrected chi connectivity index (χ4v) is 2.36. The molecule has 0 aliphatic heterocycles. The summed E-state index contributed by atoms with van der Waals surface area (Å²) in [6.07, 6.45) is 3.04. The Labute approximate surface area is 143 Å². The topological polar surface area (TPSA) is 26.3 Å². The molecule has 1 saturated carbocycles. The molecule has 0 bridgehead atoms. The predicted octanol–water partition coefficient (Wildman–Crippen LogP) is 4.40. The van der Waals surface area contributed by atoms with E-state index in [2.05, 4.69) is 18.4 Å². The van der Waals surface area contributed by atoms with Crippen molar-refractivity contribution in [3.05, 3.63) is 83.4 Å². The third-order valence-corrected chi connectivity index (χ3v) is 3.84. The van der Waals surface area contributed by atoms with Crippen LogP contribution in [0.4, 0.5) is 0 Å². The number of hydrogen-bond donors (Lipinski definition) is 0. The Kier molecular flexibility index (Phi) is 5.13. The first-order valence-corrected chi connectivity index (χ1v) is 8.20. The van der Waals surface area contributed by atoms with Crippen LogP contribution in [0.2, 0.25) is 0 Å². The average molecular weight is 316 g/mol. The second-order valence-corrected chi connectivity index (χ2v) is 6.08. The monoisotopic (exact) mass is 316 g/mol. The second-order valence-electron chi connectivity index (χ2n) is 6.08. The molecule has 0 aromatic heterocycles. The standard InChI is InChI=1S/C22H20O2/c1-17(15-19-7-3-2-4-8-19)16-24-22(23)21-10-6-5-9-20(21)14-13-18-11-12-18/h2-10,18H,1,11-12,15-16H2. The molecule has 1 aliphatic carbocycles. The van der Waals surface area contributed by atoms with Crippen molar-refractivity contribution < 1.29 is 9.53 Å². The molecule has 0 radical (unpaired) electrons. The molecule has 24 heavy (non-hydrogen) atoms. The molecule has 0 amide bonds. The number of ether oxygens (including phenoxy) is 1. The van der Waals surface area contributed by atoms with Crippen molar-refractivity contribution in [3.8, 4) is 11.8 Å². The third kappa shape index (κ3) is 4.60. The smallest absolute Gasteiger partial charge is 0.339 e. The van der Waals surface area contributed by atoms with Crippen LogP contribution in [0.25, 0.3) is 0 Å². The number of benzene rings is 2. The molecule has 2 nitrogen and oxygen atoms in total. The zero-order valence-electron chi connectivity index (χ0n) is 13.6. The Morgan fingerprint density at radius 2 is 1.79 bits per heavy atom. The van der Waals surface area contributed by atoms with Gasteiger partial charge in [-0.2, -0.15) is 0 Å². The Morgan fingerprint density at radius 1 is 1.08 bits per heavy atom. The molecule has 2 aromatic rings. The molecule has 0 spiro atoms. The minimum absolute atomic E-state index is 0.220. The zero-order chi connectivity index (χ0) is 16.8. The van der Waals surface area contributed by atoms with Crippen LogP contribution in [0.3, 0.4) is 0 Å². The van der Waals surface area contributed by atoms with Crippen LogP contribution in [0.1, 0.15) is 34.3 Å². The Morgan fingerprint density at radius 3 is 2.54 bits per heavy atom. The van der Waals surface area contributed by atoms with Crippen molar-refractivity contribution in [2.75, 3.05) is 6.61 Å². The molecule has 1 aliphatic rings. The molecule has 0 N–H and O–H groups in total. The van der Waals surface area contributed by atoms with E-state index in [4.69, 9.17) is 4.74 Å². The van der Waals surface area contributed by atoms with E-state index in [0.29, 0.717) is 17.9 Å². The van der Waals surface area contributed by atoms with Crippen LogP contribution in [0.5, 0.6) is 0 Å². The summed E-state index contributed by atoms with van der Waals surface area (Å²) in [6, 6.07) is 17.4. The van der Waals surface area contributed by atoms with Crippen molar-refractivity contribution in [2.24, 2.45) is 5.92 Å². The maximum Gasteiger partial charge on any atom is 0.339 e. The lowest BCUT2D eigenvalue weighted by molar-refractivity contribution is 0.0538. The molecule has 1 fully saturated rings. The highest BCUT2D eigenvalue weighted by molar-refractivity contribution is 5.92. The molecular formula is C22H20O2. The minimum atomic E-state index is -0.343.